The Balaban J connectivity index is 1.22. The second-order valence-corrected chi connectivity index (χ2v) is 20.8. The number of aliphatic hydroxyl groups excluding tert-OH is 1. The Morgan fingerprint density at radius 3 is 1.70 bits per heavy atom. The molecule has 22 nitrogen and oxygen atoms in total. The summed E-state index contributed by atoms with van der Waals surface area (Å²) in [6.45, 7) is 1.49. The smallest absolute Gasteiger partial charge is 0.245 e. The van der Waals surface area contributed by atoms with Crippen molar-refractivity contribution in [2.24, 2.45) is 17.2 Å². The Labute approximate surface area is 484 Å². The van der Waals surface area contributed by atoms with E-state index in [1.807, 2.05) is 48.5 Å². The topological polar surface area (TPSA) is 355 Å². The molecule has 8 amide bonds. The molecule has 0 saturated heterocycles. The van der Waals surface area contributed by atoms with E-state index in [1.165, 1.54) is 26.4 Å². The first-order chi connectivity index (χ1) is 38.8. The van der Waals surface area contributed by atoms with Crippen LogP contribution in [0.3, 0.4) is 0 Å². The molecule has 0 aliphatic carbocycles. The van der Waals surface area contributed by atoms with Crippen LogP contribution >= 0.6 is 36.9 Å². The van der Waals surface area contributed by atoms with E-state index in [-0.39, 0.29) is 50.2 Å². The first kappa shape index (κ1) is 62.7. The van der Waals surface area contributed by atoms with E-state index in [0.717, 1.165) is 32.3 Å². The average Bonchev–Trinajstić information content (AvgIpc) is 4.27. The van der Waals surface area contributed by atoms with Crippen molar-refractivity contribution in [1.82, 2.24) is 51.8 Å². The van der Waals surface area contributed by atoms with Gasteiger partial charge in [0.1, 0.15) is 42.3 Å². The van der Waals surface area contributed by atoms with E-state index in [1.54, 1.807) is 48.8 Å². The summed E-state index contributed by atoms with van der Waals surface area (Å²) in [5.41, 5.74) is 22.0. The van der Waals surface area contributed by atoms with Gasteiger partial charge in [-0.2, -0.15) is 25.3 Å². The Morgan fingerprint density at radius 2 is 1.16 bits per heavy atom. The van der Waals surface area contributed by atoms with Gasteiger partial charge in [-0.1, -0.05) is 66.2 Å². The number of nitrogens with two attached hydrogens (primary N) is 3. The number of hydrogen-bond acceptors (Lipinski definition) is 14. The van der Waals surface area contributed by atoms with Crippen LogP contribution in [0.4, 0.5) is 0 Å². The Hall–Kier alpha value is -7.48. The number of halogens is 1. The molecule has 6 rings (SSSR count). The molecule has 9 atom stereocenters. The van der Waals surface area contributed by atoms with E-state index in [9.17, 15) is 38.7 Å². The number of H-pyrrole nitrogens is 2. The van der Waals surface area contributed by atoms with E-state index in [2.05, 4.69) is 72.1 Å². The quantitative estimate of drug-likeness (QED) is 0.0221. The molecule has 0 spiro atoms. The number of primary amides is 1. The minimum absolute atomic E-state index is 0.0136. The zero-order valence-electron chi connectivity index (χ0n) is 44.8. The number of para-hydroxylation sites is 2. The fraction of sp³-hybridized carbons (Fsp3) is 0.375. The predicted octanol–water partition coefficient (Wildman–Crippen LogP) is 0.886. The molecule has 0 unspecified atom stereocenters. The fourth-order valence-electron chi connectivity index (χ4n) is 9.18. The molecule has 81 heavy (non-hydrogen) atoms. The third-order valence-corrected chi connectivity index (χ3v) is 14.7. The fourth-order valence-corrected chi connectivity index (χ4v) is 9.82. The molecule has 432 valence electrons. The van der Waals surface area contributed by atoms with Crippen LogP contribution in [0.1, 0.15) is 48.4 Å². The number of likely N-dealkylation sites (N-methyl/N-ethyl adjacent to an activating group) is 1. The van der Waals surface area contributed by atoms with Crippen LogP contribution in [-0.4, -0.2) is 152 Å². The molecule has 3 aromatic heterocycles. The van der Waals surface area contributed by atoms with Gasteiger partial charge in [-0.3, -0.25) is 43.3 Å². The molecule has 0 bridgehead atoms. The third-order valence-electron chi connectivity index (χ3n) is 13.7. The molecule has 6 aromatic rings. The number of aliphatic hydroxyl groups is 1. The number of carbonyl (C=O) groups excluding carboxylic acids is 8. The van der Waals surface area contributed by atoms with Crippen LogP contribution in [0.5, 0.6) is 0 Å². The number of amides is 8. The highest BCUT2D eigenvalue weighted by molar-refractivity contribution is 7.80. The SMILES string of the molecule is C[C@@H](O)[C@H](NC(=O)[C@H](CCCCN)N(C)C(=O)[C@@H](Cc1c[nH]c2ccccc12)NC(=O)[C@H](Cc1cccnc1)NC(=O)[C@@H](CS)NC(=O)[C@@H](N)Cc1ccc(Cl)cc1)C(=O)N[C@@H](CS)C(=O)N[C@H](Cc1c[nH]c2ccccc12)C(N)=O. The van der Waals surface area contributed by atoms with Gasteiger partial charge < -0.3 is 69.1 Å². The molecule has 0 aliphatic heterocycles. The van der Waals surface area contributed by atoms with E-state index in [0.29, 0.717) is 34.6 Å². The highest BCUT2D eigenvalue weighted by atomic mass is 35.5. The number of aromatic nitrogens is 3. The van der Waals surface area contributed by atoms with Crippen LogP contribution < -0.4 is 49.1 Å². The van der Waals surface area contributed by atoms with Crippen LogP contribution in [0.15, 0.2) is 110 Å². The lowest BCUT2D eigenvalue weighted by Gasteiger charge is -2.33. The summed E-state index contributed by atoms with van der Waals surface area (Å²) in [5.74, 6) is -6.92. The van der Waals surface area contributed by atoms with Crippen LogP contribution in [0.2, 0.25) is 5.02 Å². The molecule has 0 aliphatic rings. The lowest BCUT2D eigenvalue weighted by Crippen LogP contribution is -2.62. The highest BCUT2D eigenvalue weighted by Gasteiger charge is 2.38. The molecule has 0 radical (unpaired) electrons. The standard InChI is InChI=1S/C56H70ClN13O9S2/c1-31(71)48(55(78)68-46(30-81)52(75)64-42(49(60)72)24-34-27-62-40-13-5-3-11-37(34)40)69-54(77)47(15-7-8-20-58)70(2)56(79)44(25-35-28-63-41-14-6-4-12-38(35)41)66-51(74)43(23-33-10-9-21-61-26-33)65-53(76)45(29-80)67-50(73)39(59)22-32-16-18-36(57)19-17-32/h3-6,9-14,16-19,21,26-28,31,39,42-48,62-63,71,80-81H,7-8,15,20,22-25,29-30,58-59H2,1-2H3,(H2,60,72)(H,64,75)(H,65,76)(H,66,74)(H,67,73)(H,68,78)(H,69,77)/t31-,39+,42-,43+,44-,45-,46+,47+,48+/m1/s1. The molecular formula is C56H70ClN13O9S2. The minimum atomic E-state index is -1.69. The monoisotopic (exact) mass is 1170 g/mol. The first-order valence-electron chi connectivity index (χ1n) is 26.3. The molecule has 3 aromatic carbocycles. The first-order valence-corrected chi connectivity index (χ1v) is 27.9. The molecule has 0 fully saturated rings. The number of nitrogens with zero attached hydrogens (tertiary/aromatic N) is 2. The average molecular weight is 1170 g/mol. The molecular weight excluding hydrogens is 1100 g/mol. The number of aromatic amines is 2. The van der Waals surface area contributed by atoms with Crippen molar-refractivity contribution in [3.63, 3.8) is 0 Å². The number of thiol groups is 2. The van der Waals surface area contributed by atoms with Crippen molar-refractivity contribution >= 4 is 106 Å². The van der Waals surface area contributed by atoms with Crippen LogP contribution in [0.25, 0.3) is 21.8 Å². The molecule has 15 N–H and O–H groups in total. The van der Waals surface area contributed by atoms with E-state index in [4.69, 9.17) is 28.8 Å². The number of nitrogens with one attached hydrogen (secondary N) is 8. The number of pyridine rings is 1. The summed E-state index contributed by atoms with van der Waals surface area (Å²) in [7, 11) is 1.36. The van der Waals surface area contributed by atoms with Crippen molar-refractivity contribution in [2.75, 3.05) is 25.1 Å². The van der Waals surface area contributed by atoms with Crippen molar-refractivity contribution in [2.45, 2.75) is 106 Å². The number of hydrogen-bond donors (Lipinski definition) is 14. The molecule has 3 heterocycles. The summed E-state index contributed by atoms with van der Waals surface area (Å²) in [6.07, 6.45) is 5.59. The molecule has 0 saturated carbocycles. The molecule has 25 heteroatoms. The minimum Gasteiger partial charge on any atom is -0.391 e. The van der Waals surface area contributed by atoms with Crippen LogP contribution in [0, 0.1) is 0 Å². The van der Waals surface area contributed by atoms with Crippen molar-refractivity contribution < 1.29 is 43.5 Å². The summed E-state index contributed by atoms with van der Waals surface area (Å²) in [6, 6.07) is 14.1. The summed E-state index contributed by atoms with van der Waals surface area (Å²) < 4.78 is 0. The second kappa shape index (κ2) is 30.4. The van der Waals surface area contributed by atoms with Crippen molar-refractivity contribution in [1.29, 1.82) is 0 Å². The van der Waals surface area contributed by atoms with Gasteiger partial charge in [0.15, 0.2) is 0 Å². The van der Waals surface area contributed by atoms with Gasteiger partial charge >= 0.3 is 0 Å². The predicted molar refractivity (Wildman–Crippen MR) is 315 cm³/mol. The zero-order chi connectivity index (χ0) is 58.8. The number of rotatable bonds is 30. The largest absolute Gasteiger partial charge is 0.391 e. The summed E-state index contributed by atoms with van der Waals surface area (Å²) in [5, 5.41) is 28.9. The maximum atomic E-state index is 15.1. The lowest BCUT2D eigenvalue weighted by atomic mass is 10.00. The van der Waals surface area contributed by atoms with Gasteiger partial charge in [0, 0.05) is 89.4 Å². The maximum Gasteiger partial charge on any atom is 0.245 e. The third kappa shape index (κ3) is 17.5. The van der Waals surface area contributed by atoms with Crippen molar-refractivity contribution in [3.05, 3.63) is 137 Å². The summed E-state index contributed by atoms with van der Waals surface area (Å²) in [4.78, 5) is 124. The van der Waals surface area contributed by atoms with Gasteiger partial charge in [-0.05, 0) is 91.7 Å². The number of unbranched alkanes of at least 4 members (excludes halogenated alkanes) is 1. The van der Waals surface area contributed by atoms with E-state index < -0.39 is 102 Å². The normalized spacial score (nSPS) is 14.7. The van der Waals surface area contributed by atoms with Crippen molar-refractivity contribution in [3.8, 4) is 0 Å². The van der Waals surface area contributed by atoms with Gasteiger partial charge in [0.05, 0.1) is 12.1 Å². The second-order valence-electron chi connectivity index (χ2n) is 19.7. The van der Waals surface area contributed by atoms with Gasteiger partial charge in [-0.15, -0.1) is 0 Å². The Bertz CT molecular complexity index is 3130. The number of fused-ring (bicyclic) bond motifs is 2. The van der Waals surface area contributed by atoms with E-state index >= 15 is 4.79 Å². The zero-order valence-corrected chi connectivity index (χ0v) is 47.3. The van der Waals surface area contributed by atoms with Gasteiger partial charge in [0.25, 0.3) is 0 Å². The Morgan fingerprint density at radius 1 is 0.630 bits per heavy atom. The van der Waals surface area contributed by atoms with Gasteiger partial charge in [-0.25, -0.2) is 0 Å². The van der Waals surface area contributed by atoms with Crippen LogP contribution in [-0.2, 0) is 64.0 Å². The lowest BCUT2D eigenvalue weighted by molar-refractivity contribution is -0.143. The number of benzene rings is 3. The number of carbonyl (C=O) groups is 8. The highest BCUT2D eigenvalue weighted by Crippen LogP contribution is 2.22. The maximum absolute atomic E-state index is 15.1. The summed E-state index contributed by atoms with van der Waals surface area (Å²) >= 11 is 14.6. The Kier molecular flexibility index (Phi) is 23.5. The van der Waals surface area contributed by atoms with Gasteiger partial charge in [0.2, 0.25) is 47.3 Å².